The smallest absolute Gasteiger partial charge is 0.294 e. The lowest BCUT2D eigenvalue weighted by atomic mass is 10.2. The van der Waals surface area contributed by atoms with E-state index in [2.05, 4.69) is 15.4 Å². The van der Waals surface area contributed by atoms with Crippen LogP contribution in [0.5, 0.6) is 0 Å². The number of hydrogen-bond acceptors (Lipinski definition) is 5. The first-order valence-corrected chi connectivity index (χ1v) is 8.06. The van der Waals surface area contributed by atoms with Crippen molar-refractivity contribution in [1.82, 2.24) is 0 Å². The van der Waals surface area contributed by atoms with Gasteiger partial charge in [0.1, 0.15) is 5.69 Å². The van der Waals surface area contributed by atoms with Crippen molar-refractivity contribution in [3.8, 4) is 0 Å². The summed E-state index contributed by atoms with van der Waals surface area (Å²) in [6, 6.07) is 24.4. The number of anilines is 3. The highest BCUT2D eigenvalue weighted by atomic mass is 16.6. The van der Waals surface area contributed by atoms with Crippen molar-refractivity contribution >= 4 is 29.0 Å². The number of para-hydroxylation sites is 3. The Bertz CT molecular complexity index is 909. The van der Waals surface area contributed by atoms with Gasteiger partial charge in [0.25, 0.3) is 5.69 Å². The lowest BCUT2D eigenvalue weighted by molar-refractivity contribution is -0.384. The normalized spacial score (nSPS) is 10.7. The maximum Gasteiger partial charge on any atom is 0.294 e. The molecule has 0 saturated carbocycles. The molecule has 0 spiro atoms. The van der Waals surface area contributed by atoms with Crippen LogP contribution in [-0.2, 0) is 0 Å². The molecule has 0 fully saturated rings. The first-order chi connectivity index (χ1) is 12.6. The molecule has 3 rings (SSSR count). The van der Waals surface area contributed by atoms with Gasteiger partial charge in [0, 0.05) is 24.5 Å². The van der Waals surface area contributed by atoms with Crippen LogP contribution in [0.4, 0.5) is 22.7 Å². The first-order valence-electron chi connectivity index (χ1n) is 8.06. The van der Waals surface area contributed by atoms with Crippen LogP contribution in [0, 0.1) is 10.1 Å². The van der Waals surface area contributed by atoms with Crippen LogP contribution in [0.2, 0.25) is 0 Å². The number of hydrogen-bond donors (Lipinski definition) is 1. The van der Waals surface area contributed by atoms with Crippen LogP contribution < -0.4 is 10.3 Å². The molecule has 3 aromatic carbocycles. The van der Waals surface area contributed by atoms with Gasteiger partial charge in [-0.1, -0.05) is 42.5 Å². The highest BCUT2D eigenvalue weighted by Crippen LogP contribution is 2.24. The zero-order chi connectivity index (χ0) is 18.4. The van der Waals surface area contributed by atoms with Crippen molar-refractivity contribution < 1.29 is 4.92 Å². The number of nitro groups is 1. The second kappa shape index (κ2) is 7.94. The molecule has 0 aliphatic rings. The van der Waals surface area contributed by atoms with Crippen LogP contribution in [0.1, 0.15) is 5.56 Å². The highest BCUT2D eigenvalue weighted by molar-refractivity contribution is 5.81. The van der Waals surface area contributed by atoms with E-state index in [-0.39, 0.29) is 5.69 Å². The fourth-order valence-electron chi connectivity index (χ4n) is 2.49. The Hall–Kier alpha value is -3.67. The Morgan fingerprint density at radius 3 is 2.23 bits per heavy atom. The summed E-state index contributed by atoms with van der Waals surface area (Å²) in [5, 5.41) is 15.1. The van der Waals surface area contributed by atoms with Gasteiger partial charge in [-0.3, -0.25) is 15.5 Å². The summed E-state index contributed by atoms with van der Waals surface area (Å²) in [5.41, 5.74) is 6.12. The van der Waals surface area contributed by atoms with E-state index in [0.29, 0.717) is 5.69 Å². The van der Waals surface area contributed by atoms with Crippen LogP contribution in [-0.4, -0.2) is 18.2 Å². The molecule has 0 aliphatic heterocycles. The summed E-state index contributed by atoms with van der Waals surface area (Å²) in [5.74, 6) is 0. The van der Waals surface area contributed by atoms with Crippen molar-refractivity contribution in [3.05, 3.63) is 94.5 Å². The third-order valence-corrected chi connectivity index (χ3v) is 3.92. The van der Waals surface area contributed by atoms with E-state index in [1.807, 2.05) is 61.6 Å². The topological polar surface area (TPSA) is 70.8 Å². The SMILES string of the molecule is CN(c1ccccc1)c1ccc(/C=N/Nc2ccccc2[N+](=O)[O-])cc1. The summed E-state index contributed by atoms with van der Waals surface area (Å²) in [6.45, 7) is 0. The number of nitrogens with one attached hydrogen (secondary N) is 1. The summed E-state index contributed by atoms with van der Waals surface area (Å²) in [6.07, 6.45) is 1.63. The molecule has 0 unspecified atom stereocenters. The first kappa shape index (κ1) is 17.2. The average molecular weight is 346 g/mol. The Morgan fingerprint density at radius 2 is 1.54 bits per heavy atom. The maximum absolute atomic E-state index is 11.0. The molecule has 6 nitrogen and oxygen atoms in total. The Labute approximate surface area is 151 Å². The lowest BCUT2D eigenvalue weighted by Gasteiger charge is -2.19. The van der Waals surface area contributed by atoms with Crippen molar-refractivity contribution in [2.45, 2.75) is 0 Å². The van der Waals surface area contributed by atoms with Gasteiger partial charge in [-0.2, -0.15) is 5.10 Å². The summed E-state index contributed by atoms with van der Waals surface area (Å²) < 4.78 is 0. The maximum atomic E-state index is 11.0. The van der Waals surface area contributed by atoms with Crippen molar-refractivity contribution in [3.63, 3.8) is 0 Å². The molecule has 0 heterocycles. The van der Waals surface area contributed by atoms with Crippen molar-refractivity contribution in [1.29, 1.82) is 0 Å². The molecule has 6 heteroatoms. The van der Waals surface area contributed by atoms with E-state index in [1.54, 1.807) is 24.4 Å². The third-order valence-electron chi connectivity index (χ3n) is 3.92. The van der Waals surface area contributed by atoms with Crippen molar-refractivity contribution in [2.24, 2.45) is 5.10 Å². The molecule has 26 heavy (non-hydrogen) atoms. The molecular weight excluding hydrogens is 328 g/mol. The number of nitro benzene ring substituents is 1. The number of benzene rings is 3. The van der Waals surface area contributed by atoms with Crippen molar-refractivity contribution in [2.75, 3.05) is 17.4 Å². The number of rotatable bonds is 6. The van der Waals surface area contributed by atoms with E-state index < -0.39 is 4.92 Å². The second-order valence-corrected chi connectivity index (χ2v) is 5.63. The van der Waals surface area contributed by atoms with E-state index in [0.717, 1.165) is 16.9 Å². The minimum absolute atomic E-state index is 0.00974. The van der Waals surface area contributed by atoms with Gasteiger partial charge in [0.2, 0.25) is 0 Å². The fraction of sp³-hybridized carbons (Fsp3) is 0.0500. The molecule has 0 aliphatic carbocycles. The molecular formula is C20H18N4O2. The lowest BCUT2D eigenvalue weighted by Crippen LogP contribution is -2.08. The van der Waals surface area contributed by atoms with Crippen LogP contribution in [0.3, 0.4) is 0 Å². The highest BCUT2D eigenvalue weighted by Gasteiger charge is 2.10. The Kier molecular flexibility index (Phi) is 5.24. The number of nitrogens with zero attached hydrogens (tertiary/aromatic N) is 3. The van der Waals surface area contributed by atoms with Gasteiger partial charge in [-0.25, -0.2) is 0 Å². The summed E-state index contributed by atoms with van der Waals surface area (Å²) in [4.78, 5) is 12.6. The molecule has 0 atom stereocenters. The number of hydrazone groups is 1. The summed E-state index contributed by atoms with van der Waals surface area (Å²) >= 11 is 0. The standard InChI is InChI=1S/C20H18N4O2/c1-23(17-7-3-2-4-8-17)18-13-11-16(12-14-18)15-21-22-19-9-5-6-10-20(19)24(25)26/h2-15,22H,1H3/b21-15+. The van der Waals surface area contributed by atoms with E-state index in [4.69, 9.17) is 0 Å². The van der Waals surface area contributed by atoms with Gasteiger partial charge in [0.15, 0.2) is 0 Å². The van der Waals surface area contributed by atoms with Gasteiger partial charge >= 0.3 is 0 Å². The minimum Gasteiger partial charge on any atom is -0.345 e. The average Bonchev–Trinajstić information content (AvgIpc) is 2.69. The second-order valence-electron chi connectivity index (χ2n) is 5.63. The minimum atomic E-state index is -0.438. The van der Waals surface area contributed by atoms with Gasteiger partial charge < -0.3 is 4.90 Å². The predicted octanol–water partition coefficient (Wildman–Crippen LogP) is 4.81. The molecule has 0 amide bonds. The molecule has 130 valence electrons. The molecule has 3 aromatic rings. The van der Waals surface area contributed by atoms with Crippen LogP contribution in [0.25, 0.3) is 0 Å². The van der Waals surface area contributed by atoms with Gasteiger partial charge in [-0.05, 0) is 35.9 Å². The molecule has 0 radical (unpaired) electrons. The zero-order valence-corrected chi connectivity index (χ0v) is 14.2. The summed E-state index contributed by atoms with van der Waals surface area (Å²) in [7, 11) is 2.01. The molecule has 0 saturated heterocycles. The Morgan fingerprint density at radius 1 is 0.923 bits per heavy atom. The molecule has 0 bridgehead atoms. The van der Waals surface area contributed by atoms with Gasteiger partial charge in [0.05, 0.1) is 11.1 Å². The quantitative estimate of drug-likeness (QED) is 0.395. The monoisotopic (exact) mass is 346 g/mol. The zero-order valence-electron chi connectivity index (χ0n) is 14.2. The largest absolute Gasteiger partial charge is 0.345 e. The van der Waals surface area contributed by atoms with E-state index in [9.17, 15) is 10.1 Å². The van der Waals surface area contributed by atoms with E-state index in [1.165, 1.54) is 6.07 Å². The van der Waals surface area contributed by atoms with E-state index >= 15 is 0 Å². The van der Waals surface area contributed by atoms with Gasteiger partial charge in [-0.15, -0.1) is 0 Å². The van der Waals surface area contributed by atoms with Crippen LogP contribution >= 0.6 is 0 Å². The predicted molar refractivity (Wildman–Crippen MR) is 105 cm³/mol. The molecule has 0 aromatic heterocycles. The fourth-order valence-corrected chi connectivity index (χ4v) is 2.49. The van der Waals surface area contributed by atoms with Crippen LogP contribution in [0.15, 0.2) is 84.0 Å². The Balaban J connectivity index is 1.68. The molecule has 1 N–H and O–H groups in total. The third kappa shape index (κ3) is 4.05.